The Balaban J connectivity index is 0. The van der Waals surface area contributed by atoms with Crippen molar-refractivity contribution in [3.63, 3.8) is 0 Å². The minimum atomic E-state index is -0.637. The number of hydrogen-bond donors (Lipinski definition) is 3. The van der Waals surface area contributed by atoms with E-state index in [0.717, 1.165) is 6.20 Å². The highest BCUT2D eigenvalue weighted by Crippen LogP contribution is 1.98. The fourth-order valence-electron chi connectivity index (χ4n) is 1.35. The topological polar surface area (TPSA) is 97.1 Å². The van der Waals surface area contributed by atoms with Crippen LogP contribution in [0, 0.1) is 11.7 Å². The van der Waals surface area contributed by atoms with Crippen LogP contribution in [0.5, 0.6) is 0 Å². The van der Waals surface area contributed by atoms with E-state index in [1.807, 2.05) is 13.8 Å². The van der Waals surface area contributed by atoms with E-state index in [9.17, 15) is 14.0 Å². The summed E-state index contributed by atoms with van der Waals surface area (Å²) in [4.78, 5) is 26.8. The molecule has 0 spiro atoms. The van der Waals surface area contributed by atoms with Gasteiger partial charge in [0.25, 0.3) is 0 Å². The molecule has 9 heteroatoms. The summed E-state index contributed by atoms with van der Waals surface area (Å²) >= 11 is 0. The Hall–Kier alpha value is -1.44. The first kappa shape index (κ1) is 22.8. The van der Waals surface area contributed by atoms with Crippen molar-refractivity contribution in [3.8, 4) is 0 Å². The molecule has 126 valence electrons. The van der Waals surface area contributed by atoms with Crippen molar-refractivity contribution in [2.24, 2.45) is 11.7 Å². The number of amides is 2. The van der Waals surface area contributed by atoms with E-state index >= 15 is 0 Å². The first-order valence-corrected chi connectivity index (χ1v) is 6.30. The zero-order valence-corrected chi connectivity index (χ0v) is 14.0. The molecule has 22 heavy (non-hydrogen) atoms. The zero-order valence-electron chi connectivity index (χ0n) is 12.3. The summed E-state index contributed by atoms with van der Waals surface area (Å²) in [6, 6.07) is 2.10. The molecular formula is C13H21Cl2FN4O2. The van der Waals surface area contributed by atoms with Crippen molar-refractivity contribution in [1.82, 2.24) is 15.6 Å². The van der Waals surface area contributed by atoms with Gasteiger partial charge in [-0.2, -0.15) is 0 Å². The minimum Gasteiger partial charge on any atom is -0.349 e. The third-order valence-corrected chi connectivity index (χ3v) is 2.70. The Kier molecular flexibility index (Phi) is 11.6. The Morgan fingerprint density at radius 3 is 2.41 bits per heavy atom. The number of aromatic nitrogens is 1. The molecule has 1 rings (SSSR count). The lowest BCUT2D eigenvalue weighted by atomic mass is 10.1. The zero-order chi connectivity index (χ0) is 15.1. The van der Waals surface area contributed by atoms with E-state index in [-0.39, 0.29) is 55.6 Å². The molecule has 2 amide bonds. The summed E-state index contributed by atoms with van der Waals surface area (Å²) in [5.74, 6) is -1.16. The average molecular weight is 355 g/mol. The molecule has 4 N–H and O–H groups in total. The van der Waals surface area contributed by atoms with E-state index in [4.69, 9.17) is 5.73 Å². The minimum absolute atomic E-state index is 0. The van der Waals surface area contributed by atoms with Crippen molar-refractivity contribution < 1.29 is 14.0 Å². The lowest BCUT2D eigenvalue weighted by Crippen LogP contribution is -2.47. The van der Waals surface area contributed by atoms with Crippen LogP contribution in [-0.4, -0.2) is 29.4 Å². The SMILES string of the molecule is CC(C)[C@H](N)C(=O)NCC(=O)NCc1ccc(F)cn1.Cl.Cl. The first-order valence-electron chi connectivity index (χ1n) is 6.30. The second-order valence-electron chi connectivity index (χ2n) is 4.73. The normalized spacial score (nSPS) is 11.0. The van der Waals surface area contributed by atoms with Crippen molar-refractivity contribution in [2.75, 3.05) is 6.54 Å². The molecule has 0 fully saturated rings. The standard InChI is InChI=1S/C13H19FN4O2.2ClH/c1-8(2)12(15)13(20)18-7-11(19)17-6-10-4-3-9(14)5-16-10;;/h3-5,8,12H,6-7,15H2,1-2H3,(H,17,19)(H,18,20);2*1H/t12-;;/m0../s1. The van der Waals surface area contributed by atoms with Crippen LogP contribution in [0.1, 0.15) is 19.5 Å². The highest BCUT2D eigenvalue weighted by Gasteiger charge is 2.17. The molecule has 0 aliphatic rings. The van der Waals surface area contributed by atoms with E-state index in [0.29, 0.717) is 5.69 Å². The summed E-state index contributed by atoms with van der Waals surface area (Å²) in [7, 11) is 0. The second-order valence-corrected chi connectivity index (χ2v) is 4.73. The molecule has 1 aromatic heterocycles. The maximum atomic E-state index is 12.6. The largest absolute Gasteiger partial charge is 0.349 e. The predicted molar refractivity (Wildman–Crippen MR) is 86.4 cm³/mol. The molecule has 0 aliphatic carbocycles. The molecule has 0 bridgehead atoms. The van der Waals surface area contributed by atoms with Gasteiger partial charge in [0.05, 0.1) is 31.0 Å². The number of carbonyl (C=O) groups excluding carboxylic acids is 2. The van der Waals surface area contributed by atoms with E-state index in [1.54, 1.807) is 0 Å². The average Bonchev–Trinajstić information content (AvgIpc) is 2.43. The maximum absolute atomic E-state index is 12.6. The van der Waals surface area contributed by atoms with Gasteiger partial charge in [0.15, 0.2) is 0 Å². The van der Waals surface area contributed by atoms with Crippen LogP contribution in [0.4, 0.5) is 4.39 Å². The van der Waals surface area contributed by atoms with Crippen LogP contribution in [0.15, 0.2) is 18.3 Å². The van der Waals surface area contributed by atoms with Gasteiger partial charge in [-0.05, 0) is 18.1 Å². The molecule has 0 aliphatic heterocycles. The summed E-state index contributed by atoms with van der Waals surface area (Å²) in [6.07, 6.45) is 1.07. The van der Waals surface area contributed by atoms with Gasteiger partial charge < -0.3 is 16.4 Å². The summed E-state index contributed by atoms with van der Waals surface area (Å²) in [6.45, 7) is 3.67. The number of nitrogens with zero attached hydrogens (tertiary/aromatic N) is 1. The molecule has 0 saturated carbocycles. The van der Waals surface area contributed by atoms with Crippen LogP contribution in [0.2, 0.25) is 0 Å². The number of hydrogen-bond acceptors (Lipinski definition) is 4. The van der Waals surface area contributed by atoms with Gasteiger partial charge in [0.1, 0.15) is 5.82 Å². The number of nitrogens with one attached hydrogen (secondary N) is 2. The molecule has 1 aromatic rings. The van der Waals surface area contributed by atoms with E-state index in [1.165, 1.54) is 12.1 Å². The monoisotopic (exact) mass is 354 g/mol. The van der Waals surface area contributed by atoms with Gasteiger partial charge >= 0.3 is 0 Å². The van der Waals surface area contributed by atoms with Crippen LogP contribution in [0.25, 0.3) is 0 Å². The Morgan fingerprint density at radius 1 is 1.27 bits per heavy atom. The molecular weight excluding hydrogens is 334 g/mol. The fourth-order valence-corrected chi connectivity index (χ4v) is 1.35. The van der Waals surface area contributed by atoms with Crippen molar-refractivity contribution in [2.45, 2.75) is 26.4 Å². The molecule has 0 saturated heterocycles. The molecule has 6 nitrogen and oxygen atoms in total. The second kappa shape index (κ2) is 11.2. The molecule has 0 radical (unpaired) electrons. The third kappa shape index (κ3) is 8.11. The van der Waals surface area contributed by atoms with Gasteiger partial charge in [-0.15, -0.1) is 24.8 Å². The summed E-state index contributed by atoms with van der Waals surface area (Å²) in [5.41, 5.74) is 6.17. The van der Waals surface area contributed by atoms with Crippen molar-refractivity contribution >= 4 is 36.6 Å². The Bertz CT molecular complexity index is 472. The molecule has 0 unspecified atom stereocenters. The number of pyridine rings is 1. The van der Waals surface area contributed by atoms with Gasteiger partial charge in [-0.1, -0.05) is 13.8 Å². The van der Waals surface area contributed by atoms with Gasteiger partial charge in [-0.25, -0.2) is 4.39 Å². The number of nitrogens with two attached hydrogens (primary N) is 1. The van der Waals surface area contributed by atoms with E-state index in [2.05, 4.69) is 15.6 Å². The third-order valence-electron chi connectivity index (χ3n) is 2.70. The molecule has 0 aromatic carbocycles. The predicted octanol–water partition coefficient (Wildman–Crippen LogP) is 0.780. The lowest BCUT2D eigenvalue weighted by molar-refractivity contribution is -0.127. The van der Waals surface area contributed by atoms with Crippen LogP contribution in [0.3, 0.4) is 0 Å². The lowest BCUT2D eigenvalue weighted by Gasteiger charge is -2.15. The quantitative estimate of drug-likeness (QED) is 0.703. The Morgan fingerprint density at radius 2 is 1.91 bits per heavy atom. The van der Waals surface area contributed by atoms with Gasteiger partial charge in [-0.3, -0.25) is 14.6 Å². The Labute approximate surface area is 141 Å². The number of carbonyl (C=O) groups is 2. The molecule has 1 atom stereocenters. The van der Waals surface area contributed by atoms with Crippen LogP contribution in [-0.2, 0) is 16.1 Å². The van der Waals surface area contributed by atoms with Gasteiger partial charge in [0.2, 0.25) is 11.8 Å². The highest BCUT2D eigenvalue weighted by atomic mass is 35.5. The van der Waals surface area contributed by atoms with Gasteiger partial charge in [0, 0.05) is 0 Å². The number of halogens is 3. The summed E-state index contributed by atoms with van der Waals surface area (Å²) in [5, 5.41) is 5.02. The number of rotatable bonds is 6. The van der Waals surface area contributed by atoms with E-state index < -0.39 is 11.9 Å². The van der Waals surface area contributed by atoms with Crippen molar-refractivity contribution in [3.05, 3.63) is 29.8 Å². The maximum Gasteiger partial charge on any atom is 0.239 e. The molecule has 1 heterocycles. The fraction of sp³-hybridized carbons (Fsp3) is 0.462. The van der Waals surface area contributed by atoms with Crippen LogP contribution >= 0.6 is 24.8 Å². The van der Waals surface area contributed by atoms with Crippen molar-refractivity contribution in [1.29, 1.82) is 0 Å². The van der Waals surface area contributed by atoms with Crippen LogP contribution < -0.4 is 16.4 Å². The first-order chi connectivity index (χ1) is 9.40. The smallest absolute Gasteiger partial charge is 0.239 e. The highest BCUT2D eigenvalue weighted by molar-refractivity contribution is 5.87. The summed E-state index contributed by atoms with van der Waals surface area (Å²) < 4.78 is 12.6.